The van der Waals surface area contributed by atoms with Crippen LogP contribution in [-0.2, 0) is 0 Å². The zero-order valence-electron chi connectivity index (χ0n) is 13.2. The van der Waals surface area contributed by atoms with Crippen LogP contribution in [0, 0.1) is 11.3 Å². The largest absolute Gasteiger partial charge is 0.294 e. The number of allylic oxidation sites excluding steroid dienone is 1. The molecule has 0 fully saturated rings. The maximum Gasteiger partial charge on any atom is 0.197 e. The Kier molecular flexibility index (Phi) is 5.18. The summed E-state index contributed by atoms with van der Waals surface area (Å²) >= 11 is 0. The minimum atomic E-state index is -0.568. The molecule has 2 rings (SSSR count). The van der Waals surface area contributed by atoms with Crippen molar-refractivity contribution in [3.05, 3.63) is 82.9 Å². The second-order valence-electron chi connectivity index (χ2n) is 5.15. The molecule has 0 saturated carbocycles. The van der Waals surface area contributed by atoms with Crippen LogP contribution >= 0.6 is 0 Å². The third-order valence-electron chi connectivity index (χ3n) is 3.62. The minimum absolute atomic E-state index is 0.169. The molecule has 0 N–H and O–H groups in total. The Morgan fingerprint density at radius 3 is 2.08 bits per heavy atom. The van der Waals surface area contributed by atoms with E-state index in [1.165, 1.54) is 30.3 Å². The van der Waals surface area contributed by atoms with Crippen molar-refractivity contribution in [1.82, 2.24) is 0 Å². The number of nitriles is 1. The zero-order valence-corrected chi connectivity index (χ0v) is 13.2. The average molecular weight is 317 g/mol. The Labute approximate surface area is 140 Å². The SMILES string of the molecule is C=C(C(=O)c1ccc(C#N)cc1)C(=O)c1ccccc1C(=O)CC. The topological polar surface area (TPSA) is 75.0 Å². The maximum absolute atomic E-state index is 12.6. The van der Waals surface area contributed by atoms with Crippen molar-refractivity contribution in [1.29, 1.82) is 5.26 Å². The van der Waals surface area contributed by atoms with Gasteiger partial charge in [-0.05, 0) is 24.3 Å². The fraction of sp³-hybridized carbons (Fsp3) is 0.100. The quantitative estimate of drug-likeness (QED) is 0.352. The first-order valence-electron chi connectivity index (χ1n) is 7.40. The molecule has 0 bridgehead atoms. The summed E-state index contributed by atoms with van der Waals surface area (Å²) in [6.07, 6.45) is 0.264. The van der Waals surface area contributed by atoms with E-state index in [2.05, 4.69) is 6.58 Å². The highest BCUT2D eigenvalue weighted by atomic mass is 16.2. The van der Waals surface area contributed by atoms with Crippen molar-refractivity contribution in [2.75, 3.05) is 0 Å². The third-order valence-corrected chi connectivity index (χ3v) is 3.62. The smallest absolute Gasteiger partial charge is 0.197 e. The molecule has 0 spiro atoms. The van der Waals surface area contributed by atoms with E-state index in [1.807, 2.05) is 6.07 Å². The number of rotatable bonds is 6. The first kappa shape index (κ1) is 17.0. The van der Waals surface area contributed by atoms with E-state index in [-0.39, 0.29) is 28.9 Å². The number of nitrogens with zero attached hydrogens (tertiary/aromatic N) is 1. The molecule has 4 nitrogen and oxygen atoms in total. The standard InChI is InChI=1S/C20H15NO3/c1-3-18(22)16-6-4-5-7-17(16)20(24)13(2)19(23)15-10-8-14(12-21)9-11-15/h4-11H,2-3H2,1H3. The van der Waals surface area contributed by atoms with Gasteiger partial charge in [-0.2, -0.15) is 5.26 Å². The van der Waals surface area contributed by atoms with E-state index in [1.54, 1.807) is 25.1 Å². The van der Waals surface area contributed by atoms with Crippen LogP contribution in [0.1, 0.15) is 50.0 Å². The fourth-order valence-electron chi connectivity index (χ4n) is 2.25. The minimum Gasteiger partial charge on any atom is -0.294 e. The molecule has 0 unspecified atom stereocenters. The van der Waals surface area contributed by atoms with Gasteiger partial charge in [-0.3, -0.25) is 14.4 Å². The van der Waals surface area contributed by atoms with Crippen LogP contribution < -0.4 is 0 Å². The molecule has 0 aliphatic heterocycles. The second-order valence-corrected chi connectivity index (χ2v) is 5.15. The lowest BCUT2D eigenvalue weighted by Crippen LogP contribution is -2.16. The van der Waals surface area contributed by atoms with Gasteiger partial charge in [0.1, 0.15) is 0 Å². The fourth-order valence-corrected chi connectivity index (χ4v) is 2.25. The maximum atomic E-state index is 12.6. The summed E-state index contributed by atoms with van der Waals surface area (Å²) in [6.45, 7) is 5.31. The molecule has 0 aliphatic carbocycles. The van der Waals surface area contributed by atoms with Crippen LogP contribution in [0.4, 0.5) is 0 Å². The zero-order chi connectivity index (χ0) is 17.7. The van der Waals surface area contributed by atoms with E-state index >= 15 is 0 Å². The van der Waals surface area contributed by atoms with Gasteiger partial charge < -0.3 is 0 Å². The second kappa shape index (κ2) is 7.30. The van der Waals surface area contributed by atoms with Gasteiger partial charge in [0.05, 0.1) is 17.2 Å². The van der Waals surface area contributed by atoms with Crippen LogP contribution in [0.3, 0.4) is 0 Å². The lowest BCUT2D eigenvalue weighted by atomic mass is 9.92. The summed E-state index contributed by atoms with van der Waals surface area (Å²) in [5, 5.41) is 8.78. The molecular weight excluding hydrogens is 302 g/mol. The molecule has 118 valence electrons. The van der Waals surface area contributed by atoms with Crippen LogP contribution in [0.2, 0.25) is 0 Å². The van der Waals surface area contributed by atoms with Crippen LogP contribution in [-0.4, -0.2) is 17.3 Å². The van der Waals surface area contributed by atoms with Crippen LogP contribution in [0.15, 0.2) is 60.7 Å². The first-order valence-corrected chi connectivity index (χ1v) is 7.40. The molecule has 2 aromatic rings. The molecular formula is C20H15NO3. The Morgan fingerprint density at radius 1 is 0.958 bits per heavy atom. The molecule has 0 radical (unpaired) electrons. The predicted molar refractivity (Wildman–Crippen MR) is 90.0 cm³/mol. The summed E-state index contributed by atoms with van der Waals surface area (Å²) in [6, 6.07) is 14.3. The van der Waals surface area contributed by atoms with Gasteiger partial charge >= 0.3 is 0 Å². The Morgan fingerprint density at radius 2 is 1.54 bits per heavy atom. The van der Waals surface area contributed by atoms with E-state index in [9.17, 15) is 14.4 Å². The summed E-state index contributed by atoms with van der Waals surface area (Å²) in [4.78, 5) is 37.0. The molecule has 0 amide bonds. The highest BCUT2D eigenvalue weighted by Gasteiger charge is 2.22. The number of carbonyl (C=O) groups is 3. The van der Waals surface area contributed by atoms with E-state index in [4.69, 9.17) is 5.26 Å². The molecule has 0 aliphatic rings. The van der Waals surface area contributed by atoms with Crippen LogP contribution in [0.5, 0.6) is 0 Å². The summed E-state index contributed by atoms with van der Waals surface area (Å²) in [5.41, 5.74) is 0.945. The van der Waals surface area contributed by atoms with Gasteiger partial charge in [-0.1, -0.05) is 37.8 Å². The lowest BCUT2D eigenvalue weighted by Gasteiger charge is -2.08. The van der Waals surface area contributed by atoms with Gasteiger partial charge in [0.25, 0.3) is 0 Å². The van der Waals surface area contributed by atoms with Crippen LogP contribution in [0.25, 0.3) is 0 Å². The summed E-state index contributed by atoms with van der Waals surface area (Å²) in [5.74, 6) is -1.26. The summed E-state index contributed by atoms with van der Waals surface area (Å²) < 4.78 is 0. The number of hydrogen-bond acceptors (Lipinski definition) is 4. The Bertz CT molecular complexity index is 871. The predicted octanol–water partition coefficient (Wildman–Crippen LogP) is 3.77. The molecule has 0 saturated heterocycles. The van der Waals surface area contributed by atoms with Gasteiger partial charge in [-0.25, -0.2) is 0 Å². The lowest BCUT2D eigenvalue weighted by molar-refractivity contribution is 0.0943. The number of ketones is 3. The summed E-state index contributed by atoms with van der Waals surface area (Å²) in [7, 11) is 0. The molecule has 0 heterocycles. The van der Waals surface area contributed by atoms with Crippen molar-refractivity contribution in [3.8, 4) is 6.07 Å². The van der Waals surface area contributed by atoms with Crippen molar-refractivity contribution in [2.45, 2.75) is 13.3 Å². The van der Waals surface area contributed by atoms with Gasteiger partial charge in [-0.15, -0.1) is 0 Å². The van der Waals surface area contributed by atoms with E-state index < -0.39 is 11.6 Å². The van der Waals surface area contributed by atoms with E-state index in [0.29, 0.717) is 11.1 Å². The molecule has 0 aromatic heterocycles. The van der Waals surface area contributed by atoms with Crippen molar-refractivity contribution < 1.29 is 14.4 Å². The molecule has 24 heavy (non-hydrogen) atoms. The monoisotopic (exact) mass is 317 g/mol. The highest BCUT2D eigenvalue weighted by molar-refractivity contribution is 6.32. The van der Waals surface area contributed by atoms with Gasteiger partial charge in [0, 0.05) is 23.1 Å². The Hall–Kier alpha value is -3.32. The van der Waals surface area contributed by atoms with Gasteiger partial charge in [0.2, 0.25) is 0 Å². The molecule has 0 atom stereocenters. The van der Waals surface area contributed by atoms with E-state index in [0.717, 1.165) is 0 Å². The average Bonchev–Trinajstić information content (AvgIpc) is 2.65. The highest BCUT2D eigenvalue weighted by Crippen LogP contribution is 2.18. The van der Waals surface area contributed by atoms with Crippen molar-refractivity contribution in [3.63, 3.8) is 0 Å². The van der Waals surface area contributed by atoms with Crippen molar-refractivity contribution >= 4 is 17.3 Å². The number of Topliss-reactive ketones (excluding diaryl/α,β-unsaturated/α-hetero) is 3. The number of hydrogen-bond donors (Lipinski definition) is 0. The van der Waals surface area contributed by atoms with Gasteiger partial charge in [0.15, 0.2) is 17.3 Å². The third kappa shape index (κ3) is 3.36. The molecule has 2 aromatic carbocycles. The number of benzene rings is 2. The molecule has 4 heteroatoms. The van der Waals surface area contributed by atoms with Crippen molar-refractivity contribution in [2.24, 2.45) is 0 Å². The number of carbonyl (C=O) groups excluding carboxylic acids is 3. The first-order chi connectivity index (χ1) is 11.5. The normalized spacial score (nSPS) is 9.83. The Balaban J connectivity index is 2.33.